The Hall–Kier alpha value is -4.73. The maximum atomic E-state index is 13.1. The molecule has 22 heteroatoms. The quantitative estimate of drug-likeness (QED) is 0.0710. The molecule has 1 saturated heterocycles. The molecule has 2 aromatic heterocycles. The fraction of sp³-hybridized carbons (Fsp3) is 0.333. The van der Waals surface area contributed by atoms with Gasteiger partial charge >= 0.3 is 18.1 Å². The molecule has 2 aliphatic heterocycles. The van der Waals surface area contributed by atoms with E-state index in [1.54, 1.807) is 0 Å². The van der Waals surface area contributed by atoms with Gasteiger partial charge in [-0.15, -0.1) is 16.9 Å². The molecular formula is C21H18F3N9O8S2. The minimum atomic E-state index is -4.78. The minimum Gasteiger partial charge on any atom is -0.480 e. The maximum Gasteiger partial charge on any atom is 0.425 e. The second-order valence-electron chi connectivity index (χ2n) is 8.42. The van der Waals surface area contributed by atoms with E-state index in [1.165, 1.54) is 18.2 Å². The van der Waals surface area contributed by atoms with Crippen LogP contribution in [0.4, 0.5) is 19.0 Å². The van der Waals surface area contributed by atoms with Gasteiger partial charge in [-0.3, -0.25) is 24.1 Å². The van der Waals surface area contributed by atoms with E-state index in [0.717, 1.165) is 33.1 Å². The Kier molecular flexibility index (Phi) is 9.48. The molecule has 17 nitrogen and oxygen atoms in total. The number of fused-ring (bicyclic) bond motifs is 1. The van der Waals surface area contributed by atoms with Crippen molar-refractivity contribution in [3.05, 3.63) is 35.2 Å². The molecular weight excluding hydrogens is 627 g/mol. The number of carboxylic acid groups (broad SMARTS) is 2. The van der Waals surface area contributed by atoms with Crippen LogP contribution in [0.5, 0.6) is 0 Å². The van der Waals surface area contributed by atoms with Crippen LogP contribution in [-0.4, -0.2) is 112 Å². The fourth-order valence-electron chi connectivity index (χ4n) is 3.76. The van der Waals surface area contributed by atoms with Gasteiger partial charge in [-0.2, -0.15) is 13.2 Å². The van der Waals surface area contributed by atoms with Crippen molar-refractivity contribution in [1.29, 1.82) is 0 Å². The van der Waals surface area contributed by atoms with Crippen molar-refractivity contribution in [2.45, 2.75) is 29.3 Å². The normalized spacial score (nSPS) is 18.4. The SMILES string of the molecule is O=CNc1cccc(C(=NOCC(F)(F)F)C(=O)NC2C(=O)N3C(C(=O)O)=C(CSc4nnnn4CC(=O)O)CS[C@@H]23)n1. The lowest BCUT2D eigenvalue weighted by molar-refractivity contribution is -0.174. The first kappa shape index (κ1) is 31.2. The summed E-state index contributed by atoms with van der Waals surface area (Å²) in [6.45, 7) is -2.36. The van der Waals surface area contributed by atoms with Gasteiger partial charge in [0.25, 0.3) is 11.8 Å². The lowest BCUT2D eigenvalue weighted by Crippen LogP contribution is -2.71. The van der Waals surface area contributed by atoms with E-state index >= 15 is 0 Å². The smallest absolute Gasteiger partial charge is 0.425 e. The number of tetrazole rings is 1. The fourth-order valence-corrected chi connectivity index (χ4v) is 6.13. The van der Waals surface area contributed by atoms with Crippen LogP contribution < -0.4 is 10.6 Å². The van der Waals surface area contributed by atoms with E-state index in [-0.39, 0.29) is 40.3 Å². The van der Waals surface area contributed by atoms with Gasteiger partial charge in [0.1, 0.15) is 35.2 Å². The van der Waals surface area contributed by atoms with Crippen LogP contribution in [0.2, 0.25) is 0 Å². The number of amides is 3. The predicted octanol–water partition coefficient (Wildman–Crippen LogP) is -0.465. The molecule has 4 rings (SSSR count). The average Bonchev–Trinajstić information content (AvgIpc) is 3.37. The number of hydrogen-bond acceptors (Lipinski definition) is 13. The molecule has 228 valence electrons. The lowest BCUT2D eigenvalue weighted by Gasteiger charge is -2.49. The van der Waals surface area contributed by atoms with Crippen molar-refractivity contribution in [2.75, 3.05) is 23.4 Å². The first-order valence-corrected chi connectivity index (χ1v) is 13.7. The Bertz CT molecular complexity index is 1520. The Balaban J connectivity index is 1.51. The molecule has 0 bridgehead atoms. The zero-order chi connectivity index (χ0) is 31.3. The Labute approximate surface area is 245 Å². The predicted molar refractivity (Wildman–Crippen MR) is 138 cm³/mol. The molecule has 0 spiro atoms. The number of hydrogen-bond donors (Lipinski definition) is 4. The van der Waals surface area contributed by atoms with Crippen molar-refractivity contribution in [1.82, 2.24) is 35.4 Å². The number of oxime groups is 1. The van der Waals surface area contributed by atoms with Gasteiger partial charge in [0, 0.05) is 11.5 Å². The number of carboxylic acids is 2. The van der Waals surface area contributed by atoms with E-state index < -0.39 is 60.2 Å². The zero-order valence-corrected chi connectivity index (χ0v) is 22.9. The monoisotopic (exact) mass is 645 g/mol. The number of β-lactam (4-membered cyclic amide) rings is 1. The van der Waals surface area contributed by atoms with Crippen LogP contribution in [0.25, 0.3) is 0 Å². The first-order chi connectivity index (χ1) is 20.4. The second-order valence-corrected chi connectivity index (χ2v) is 10.5. The summed E-state index contributed by atoms with van der Waals surface area (Å²) in [4.78, 5) is 69.2. The van der Waals surface area contributed by atoms with Crippen LogP contribution in [0.15, 0.2) is 39.8 Å². The summed E-state index contributed by atoms with van der Waals surface area (Å²) in [5.74, 6) is -4.58. The Morgan fingerprint density at radius 3 is 2.72 bits per heavy atom. The number of halogens is 3. The molecule has 43 heavy (non-hydrogen) atoms. The third kappa shape index (κ3) is 7.38. The number of anilines is 1. The number of carbonyl (C=O) groups excluding carboxylic acids is 3. The molecule has 0 saturated carbocycles. The minimum absolute atomic E-state index is 0.00760. The number of nitrogens with zero attached hydrogens (tertiary/aromatic N) is 7. The zero-order valence-electron chi connectivity index (χ0n) is 21.2. The van der Waals surface area contributed by atoms with E-state index in [1.807, 2.05) is 0 Å². The van der Waals surface area contributed by atoms with E-state index in [9.17, 15) is 42.3 Å². The average molecular weight is 646 g/mol. The topological polar surface area (TPSA) is 231 Å². The van der Waals surface area contributed by atoms with Crippen molar-refractivity contribution < 1.29 is 52.2 Å². The second kappa shape index (κ2) is 13.1. The number of carbonyl (C=O) groups is 5. The standard InChI is InChI=1S/C21H18F3N9O8S2/c22-21(23,24)7-41-29-13(10-2-1-3-11(26-10)25-8-34)16(37)27-14-17(38)33-15(19(39)40)9(5-42-18(14)33)6-43-20-28-30-31-32(20)4-12(35)36/h1-3,8,14,18H,4-7H2,(H,27,37)(H,35,36)(H,39,40)(H,25,26,34)/t14?,18-/m0/s1. The van der Waals surface area contributed by atoms with Crippen molar-refractivity contribution in [3.8, 4) is 0 Å². The van der Waals surface area contributed by atoms with Crippen LogP contribution in [0.3, 0.4) is 0 Å². The van der Waals surface area contributed by atoms with Gasteiger partial charge in [-0.05, 0) is 28.1 Å². The van der Waals surface area contributed by atoms with Gasteiger partial charge in [-0.25, -0.2) is 14.5 Å². The molecule has 0 aliphatic carbocycles. The largest absolute Gasteiger partial charge is 0.480 e. The van der Waals surface area contributed by atoms with Gasteiger partial charge in [0.05, 0.1) is 0 Å². The van der Waals surface area contributed by atoms with Gasteiger partial charge in [0.2, 0.25) is 18.2 Å². The summed E-state index contributed by atoms with van der Waals surface area (Å²) in [5.41, 5.74) is -1.08. The number of nitrogens with one attached hydrogen (secondary N) is 2. The highest BCUT2D eigenvalue weighted by molar-refractivity contribution is 8.01. The third-order valence-electron chi connectivity index (χ3n) is 5.49. The van der Waals surface area contributed by atoms with Crippen molar-refractivity contribution >= 4 is 65.2 Å². The van der Waals surface area contributed by atoms with Crippen molar-refractivity contribution in [3.63, 3.8) is 0 Å². The van der Waals surface area contributed by atoms with E-state index in [2.05, 4.69) is 41.1 Å². The molecule has 2 aliphatic rings. The summed E-state index contributed by atoms with van der Waals surface area (Å²) in [7, 11) is 0. The van der Waals surface area contributed by atoms with Crippen LogP contribution in [-0.2, 0) is 35.4 Å². The maximum absolute atomic E-state index is 13.1. The summed E-state index contributed by atoms with van der Waals surface area (Å²) in [6.07, 6.45) is -4.50. The molecule has 1 fully saturated rings. The summed E-state index contributed by atoms with van der Waals surface area (Å²) in [6, 6.07) is 2.58. The highest BCUT2D eigenvalue weighted by atomic mass is 32.2. The first-order valence-electron chi connectivity index (χ1n) is 11.7. The molecule has 1 unspecified atom stereocenters. The summed E-state index contributed by atoms with van der Waals surface area (Å²) < 4.78 is 38.9. The molecule has 3 amide bonds. The molecule has 4 N–H and O–H groups in total. The molecule has 0 radical (unpaired) electrons. The molecule has 2 aromatic rings. The summed E-state index contributed by atoms with van der Waals surface area (Å²) >= 11 is 2.06. The van der Waals surface area contributed by atoms with E-state index in [4.69, 9.17) is 5.11 Å². The van der Waals surface area contributed by atoms with E-state index in [0.29, 0.717) is 5.57 Å². The number of thioether (sulfide) groups is 2. The van der Waals surface area contributed by atoms with Crippen LogP contribution >= 0.6 is 23.5 Å². The van der Waals surface area contributed by atoms with Crippen molar-refractivity contribution in [2.24, 2.45) is 5.16 Å². The van der Waals surface area contributed by atoms with Crippen LogP contribution in [0, 0.1) is 0 Å². The number of alkyl halides is 3. The summed E-state index contributed by atoms with van der Waals surface area (Å²) in [5, 5.41) is 36.5. The van der Waals surface area contributed by atoms with Crippen LogP contribution in [0.1, 0.15) is 5.69 Å². The highest BCUT2D eigenvalue weighted by Gasteiger charge is 2.54. The number of rotatable bonds is 13. The highest BCUT2D eigenvalue weighted by Crippen LogP contribution is 2.41. The Morgan fingerprint density at radius 1 is 1.28 bits per heavy atom. The number of aliphatic carboxylic acids is 2. The number of aromatic nitrogens is 5. The van der Waals surface area contributed by atoms with Gasteiger partial charge < -0.3 is 25.7 Å². The number of pyridine rings is 1. The molecule has 4 heterocycles. The molecule has 0 aromatic carbocycles. The Morgan fingerprint density at radius 2 is 2.05 bits per heavy atom. The third-order valence-corrected chi connectivity index (χ3v) is 7.88. The van der Waals surface area contributed by atoms with Gasteiger partial charge in [0.15, 0.2) is 5.71 Å². The van der Waals surface area contributed by atoms with Gasteiger partial charge in [-0.1, -0.05) is 23.0 Å². The lowest BCUT2D eigenvalue weighted by atomic mass is 10.0. The molecule has 2 atom stereocenters.